The Labute approximate surface area is 214 Å². The van der Waals surface area contributed by atoms with E-state index in [9.17, 15) is 14.0 Å². The van der Waals surface area contributed by atoms with Crippen LogP contribution in [0.2, 0.25) is 0 Å². The molecule has 1 fully saturated rings. The lowest BCUT2D eigenvalue weighted by molar-refractivity contribution is 0.0240. The highest BCUT2D eigenvalue weighted by molar-refractivity contribution is 6.16. The first-order chi connectivity index (χ1) is 17.7. The number of rotatable bonds is 4. The second-order valence-electron chi connectivity index (χ2n) is 10.2. The summed E-state index contributed by atoms with van der Waals surface area (Å²) >= 11 is 0. The van der Waals surface area contributed by atoms with Crippen molar-refractivity contribution in [2.24, 2.45) is 0 Å². The summed E-state index contributed by atoms with van der Waals surface area (Å²) < 4.78 is 18.8. The number of nitrogens with one attached hydrogen (secondary N) is 1. The van der Waals surface area contributed by atoms with Gasteiger partial charge in [-0.05, 0) is 68.8 Å². The van der Waals surface area contributed by atoms with E-state index in [4.69, 9.17) is 4.74 Å². The molecule has 1 saturated heterocycles. The number of piperazine rings is 1. The van der Waals surface area contributed by atoms with E-state index in [-0.39, 0.29) is 17.7 Å². The molecular weight excluding hydrogens is 471 g/mol. The molecule has 2 aromatic carbocycles. The molecule has 1 aliphatic rings. The number of benzene rings is 2. The number of pyridine rings is 1. The molecule has 37 heavy (non-hydrogen) atoms. The van der Waals surface area contributed by atoms with Gasteiger partial charge in [0.15, 0.2) is 5.78 Å². The van der Waals surface area contributed by atoms with E-state index in [1.807, 2.05) is 39.0 Å². The average Bonchev–Trinajstić information content (AvgIpc) is 3.31. The van der Waals surface area contributed by atoms with E-state index >= 15 is 0 Å². The minimum atomic E-state index is -0.503. The Kier molecular flexibility index (Phi) is 6.41. The maximum Gasteiger partial charge on any atom is 0.410 e. The second-order valence-corrected chi connectivity index (χ2v) is 10.2. The highest BCUT2D eigenvalue weighted by Crippen LogP contribution is 2.28. The first-order valence-corrected chi connectivity index (χ1v) is 12.3. The smallest absolute Gasteiger partial charge is 0.410 e. The standard InChI is InChI=1S/C29H29FN4O3/c1-29(2,3)37-28(36)34-14-12-33(13-15-34)23-10-6-19(7-11-23)21-16-24-25(18-32-27(24)31-17-21)26(35)20-4-8-22(30)9-5-20/h4-11,16-18H,12-15H2,1-3H3,(H,31,32). The molecule has 1 aliphatic heterocycles. The molecule has 0 bridgehead atoms. The fourth-order valence-electron chi connectivity index (χ4n) is 4.44. The molecule has 5 rings (SSSR count). The second kappa shape index (κ2) is 9.69. The summed E-state index contributed by atoms with van der Waals surface area (Å²) in [4.78, 5) is 36.9. The molecule has 0 radical (unpaired) electrons. The Morgan fingerprint density at radius 2 is 1.62 bits per heavy atom. The van der Waals surface area contributed by atoms with Gasteiger partial charge < -0.3 is 19.5 Å². The summed E-state index contributed by atoms with van der Waals surface area (Å²) in [6.45, 7) is 8.28. The number of aromatic amines is 1. The third kappa shape index (κ3) is 5.33. The van der Waals surface area contributed by atoms with Crippen LogP contribution >= 0.6 is 0 Å². The van der Waals surface area contributed by atoms with Gasteiger partial charge in [0, 0.05) is 66.3 Å². The van der Waals surface area contributed by atoms with Crippen molar-refractivity contribution in [2.75, 3.05) is 31.1 Å². The molecule has 0 atom stereocenters. The lowest BCUT2D eigenvalue weighted by atomic mass is 10.0. The van der Waals surface area contributed by atoms with E-state index in [1.54, 1.807) is 17.3 Å². The van der Waals surface area contributed by atoms with Gasteiger partial charge in [-0.15, -0.1) is 0 Å². The number of H-pyrrole nitrogens is 1. The van der Waals surface area contributed by atoms with Crippen molar-refractivity contribution in [3.8, 4) is 11.1 Å². The summed E-state index contributed by atoms with van der Waals surface area (Å²) in [7, 11) is 0. The van der Waals surface area contributed by atoms with Crippen LogP contribution < -0.4 is 4.90 Å². The number of ether oxygens (including phenoxy) is 1. The van der Waals surface area contributed by atoms with Crippen LogP contribution in [-0.4, -0.2) is 58.5 Å². The number of anilines is 1. The number of carbonyl (C=O) groups is 2. The number of halogens is 1. The number of aromatic nitrogens is 2. The minimum absolute atomic E-state index is 0.189. The maximum atomic E-state index is 13.3. The number of amides is 1. The van der Waals surface area contributed by atoms with Gasteiger partial charge in [-0.3, -0.25) is 4.79 Å². The zero-order valence-electron chi connectivity index (χ0n) is 21.1. The lowest BCUT2D eigenvalue weighted by Crippen LogP contribution is -2.50. The highest BCUT2D eigenvalue weighted by Gasteiger charge is 2.26. The normalized spacial score (nSPS) is 14.2. The fourth-order valence-corrected chi connectivity index (χ4v) is 4.44. The number of hydrogen-bond acceptors (Lipinski definition) is 5. The number of ketones is 1. The molecule has 0 unspecified atom stereocenters. The van der Waals surface area contributed by atoms with Gasteiger partial charge in [-0.25, -0.2) is 14.2 Å². The van der Waals surface area contributed by atoms with Crippen molar-refractivity contribution in [3.05, 3.63) is 83.9 Å². The van der Waals surface area contributed by atoms with Gasteiger partial charge >= 0.3 is 6.09 Å². The summed E-state index contributed by atoms with van der Waals surface area (Å²) in [5.74, 6) is -0.570. The van der Waals surface area contributed by atoms with Gasteiger partial charge in [-0.1, -0.05) is 12.1 Å². The van der Waals surface area contributed by atoms with Gasteiger partial charge in [-0.2, -0.15) is 0 Å². The third-order valence-electron chi connectivity index (χ3n) is 6.38. The summed E-state index contributed by atoms with van der Waals surface area (Å²) in [5, 5.41) is 0.717. The number of nitrogens with zero attached hydrogens (tertiary/aromatic N) is 3. The monoisotopic (exact) mass is 500 g/mol. The molecule has 8 heteroatoms. The van der Waals surface area contributed by atoms with Crippen LogP contribution in [0.4, 0.5) is 14.9 Å². The molecule has 0 aliphatic carbocycles. The van der Waals surface area contributed by atoms with Crippen LogP contribution in [0, 0.1) is 5.82 Å². The molecule has 1 N–H and O–H groups in total. The maximum absolute atomic E-state index is 13.3. The zero-order chi connectivity index (χ0) is 26.2. The molecule has 1 amide bonds. The predicted molar refractivity (Wildman–Crippen MR) is 141 cm³/mol. The molecule has 0 saturated carbocycles. The van der Waals surface area contributed by atoms with Crippen molar-refractivity contribution in [3.63, 3.8) is 0 Å². The Morgan fingerprint density at radius 3 is 2.27 bits per heavy atom. The van der Waals surface area contributed by atoms with Crippen molar-refractivity contribution in [1.82, 2.24) is 14.9 Å². The highest BCUT2D eigenvalue weighted by atomic mass is 19.1. The van der Waals surface area contributed by atoms with Gasteiger partial charge in [0.05, 0.1) is 0 Å². The first-order valence-electron chi connectivity index (χ1n) is 12.3. The quantitative estimate of drug-likeness (QED) is 0.366. The zero-order valence-corrected chi connectivity index (χ0v) is 21.1. The molecule has 7 nitrogen and oxygen atoms in total. The third-order valence-corrected chi connectivity index (χ3v) is 6.38. The van der Waals surface area contributed by atoms with E-state index in [2.05, 4.69) is 27.0 Å². The van der Waals surface area contributed by atoms with Crippen molar-refractivity contribution in [1.29, 1.82) is 0 Å². The van der Waals surface area contributed by atoms with Crippen molar-refractivity contribution < 1.29 is 18.7 Å². The van der Waals surface area contributed by atoms with Crippen molar-refractivity contribution >= 4 is 28.6 Å². The van der Waals surface area contributed by atoms with Gasteiger partial charge in [0.2, 0.25) is 0 Å². The SMILES string of the molecule is CC(C)(C)OC(=O)N1CCN(c2ccc(-c3cnc4[nH]cc(C(=O)c5ccc(F)cc5)c4c3)cc2)CC1. The van der Waals surface area contributed by atoms with Crippen LogP contribution in [0.25, 0.3) is 22.2 Å². The van der Waals surface area contributed by atoms with E-state index in [0.717, 1.165) is 29.9 Å². The molecular formula is C29H29FN4O3. The van der Waals surface area contributed by atoms with E-state index in [1.165, 1.54) is 24.3 Å². The summed E-state index contributed by atoms with van der Waals surface area (Å²) in [6, 6.07) is 15.7. The Balaban J connectivity index is 1.30. The molecule has 190 valence electrons. The minimum Gasteiger partial charge on any atom is -0.444 e. The molecule has 3 heterocycles. The number of hydrogen-bond donors (Lipinski definition) is 1. The Hall–Kier alpha value is -4.20. The van der Waals surface area contributed by atoms with Gasteiger partial charge in [0.25, 0.3) is 0 Å². The predicted octanol–water partition coefficient (Wildman–Crippen LogP) is 5.66. The van der Waals surface area contributed by atoms with E-state index < -0.39 is 5.60 Å². The average molecular weight is 501 g/mol. The van der Waals surface area contributed by atoms with Crippen LogP contribution in [0.3, 0.4) is 0 Å². The fraction of sp³-hybridized carbons (Fsp3) is 0.276. The molecule has 0 spiro atoms. The topological polar surface area (TPSA) is 78.5 Å². The van der Waals surface area contributed by atoms with Crippen LogP contribution in [0.1, 0.15) is 36.7 Å². The van der Waals surface area contributed by atoms with Crippen LogP contribution in [0.5, 0.6) is 0 Å². The van der Waals surface area contributed by atoms with E-state index in [0.29, 0.717) is 35.2 Å². The number of fused-ring (bicyclic) bond motifs is 1. The Morgan fingerprint density at radius 1 is 0.946 bits per heavy atom. The summed E-state index contributed by atoms with van der Waals surface area (Å²) in [5.41, 5.74) is 3.98. The largest absolute Gasteiger partial charge is 0.444 e. The Bertz CT molecular complexity index is 1430. The first kappa shape index (κ1) is 24.5. The van der Waals surface area contributed by atoms with Crippen LogP contribution in [-0.2, 0) is 4.74 Å². The van der Waals surface area contributed by atoms with Crippen molar-refractivity contribution in [2.45, 2.75) is 26.4 Å². The van der Waals surface area contributed by atoms with Gasteiger partial charge in [0.1, 0.15) is 17.1 Å². The molecule has 2 aromatic heterocycles. The molecule has 4 aromatic rings. The summed E-state index contributed by atoms with van der Waals surface area (Å²) in [6.07, 6.45) is 3.15. The number of carbonyl (C=O) groups excluding carboxylic acids is 2. The van der Waals surface area contributed by atoms with Crippen LogP contribution in [0.15, 0.2) is 67.0 Å². The lowest BCUT2D eigenvalue weighted by Gasteiger charge is -2.36.